The van der Waals surface area contributed by atoms with Gasteiger partial charge in [0.1, 0.15) is 0 Å². The number of amides is 1. The SMILES string of the molecule is C[C@H](CNC(=O)c1ccc(I)cc1)c1ccccc1. The van der Waals surface area contributed by atoms with Crippen LogP contribution in [0.4, 0.5) is 0 Å². The molecular weight excluding hydrogens is 349 g/mol. The third-order valence-corrected chi connectivity index (χ3v) is 3.76. The van der Waals surface area contributed by atoms with Gasteiger partial charge in [0.05, 0.1) is 0 Å². The van der Waals surface area contributed by atoms with E-state index in [-0.39, 0.29) is 5.91 Å². The molecule has 0 aliphatic rings. The van der Waals surface area contributed by atoms with Crippen LogP contribution in [0.2, 0.25) is 0 Å². The number of carbonyl (C=O) groups excluding carboxylic acids is 1. The van der Waals surface area contributed by atoms with Gasteiger partial charge < -0.3 is 5.32 Å². The zero-order chi connectivity index (χ0) is 13.7. The van der Waals surface area contributed by atoms with Crippen LogP contribution in [0.25, 0.3) is 0 Å². The molecule has 1 atom stereocenters. The first-order valence-corrected chi connectivity index (χ1v) is 7.33. The fraction of sp³-hybridized carbons (Fsp3) is 0.188. The number of hydrogen-bond acceptors (Lipinski definition) is 1. The topological polar surface area (TPSA) is 29.1 Å². The zero-order valence-corrected chi connectivity index (χ0v) is 12.9. The highest BCUT2D eigenvalue weighted by atomic mass is 127. The highest BCUT2D eigenvalue weighted by Crippen LogP contribution is 2.13. The van der Waals surface area contributed by atoms with Gasteiger partial charge in [0.15, 0.2) is 0 Å². The van der Waals surface area contributed by atoms with Crippen molar-refractivity contribution in [2.75, 3.05) is 6.54 Å². The molecule has 98 valence electrons. The summed E-state index contributed by atoms with van der Waals surface area (Å²) in [6.45, 7) is 2.76. The molecule has 0 radical (unpaired) electrons. The van der Waals surface area contributed by atoms with E-state index in [0.717, 1.165) is 3.57 Å². The largest absolute Gasteiger partial charge is 0.351 e. The highest BCUT2D eigenvalue weighted by molar-refractivity contribution is 14.1. The van der Waals surface area contributed by atoms with Crippen LogP contribution >= 0.6 is 22.6 Å². The Kier molecular flexibility index (Phi) is 4.96. The van der Waals surface area contributed by atoms with Crippen molar-refractivity contribution in [3.63, 3.8) is 0 Å². The van der Waals surface area contributed by atoms with Crippen LogP contribution in [0.15, 0.2) is 54.6 Å². The monoisotopic (exact) mass is 365 g/mol. The second kappa shape index (κ2) is 6.70. The number of benzene rings is 2. The van der Waals surface area contributed by atoms with Crippen molar-refractivity contribution in [2.45, 2.75) is 12.8 Å². The van der Waals surface area contributed by atoms with E-state index in [1.165, 1.54) is 5.56 Å². The quantitative estimate of drug-likeness (QED) is 0.820. The Morgan fingerprint density at radius 3 is 2.37 bits per heavy atom. The molecule has 1 amide bonds. The van der Waals surface area contributed by atoms with Gasteiger partial charge in [0, 0.05) is 15.7 Å². The average Bonchev–Trinajstić information content (AvgIpc) is 2.46. The normalized spacial score (nSPS) is 11.9. The Bertz CT molecular complexity index is 536. The number of rotatable bonds is 4. The lowest BCUT2D eigenvalue weighted by Gasteiger charge is -2.13. The molecule has 0 saturated heterocycles. The van der Waals surface area contributed by atoms with Crippen molar-refractivity contribution in [1.29, 1.82) is 0 Å². The van der Waals surface area contributed by atoms with Crippen LogP contribution in [-0.4, -0.2) is 12.5 Å². The molecular formula is C16H16INO. The van der Waals surface area contributed by atoms with Gasteiger partial charge in [-0.05, 0) is 58.3 Å². The number of hydrogen-bond donors (Lipinski definition) is 1. The molecule has 0 bridgehead atoms. The molecule has 1 N–H and O–H groups in total. The van der Waals surface area contributed by atoms with Gasteiger partial charge in [0.25, 0.3) is 5.91 Å². The maximum Gasteiger partial charge on any atom is 0.251 e. The summed E-state index contributed by atoms with van der Waals surface area (Å²) in [7, 11) is 0. The third kappa shape index (κ3) is 4.06. The van der Waals surface area contributed by atoms with Gasteiger partial charge >= 0.3 is 0 Å². The summed E-state index contributed by atoms with van der Waals surface area (Å²) >= 11 is 2.23. The van der Waals surface area contributed by atoms with E-state index >= 15 is 0 Å². The molecule has 0 aliphatic carbocycles. The Labute approximate surface area is 127 Å². The highest BCUT2D eigenvalue weighted by Gasteiger charge is 2.08. The van der Waals surface area contributed by atoms with Crippen LogP contribution in [0.1, 0.15) is 28.8 Å². The zero-order valence-electron chi connectivity index (χ0n) is 10.8. The smallest absolute Gasteiger partial charge is 0.251 e. The summed E-state index contributed by atoms with van der Waals surface area (Å²) in [5, 5.41) is 2.98. The summed E-state index contributed by atoms with van der Waals surface area (Å²) in [6, 6.07) is 17.8. The van der Waals surface area contributed by atoms with Crippen LogP contribution in [0.3, 0.4) is 0 Å². The van der Waals surface area contributed by atoms with E-state index < -0.39 is 0 Å². The van der Waals surface area contributed by atoms with E-state index in [1.54, 1.807) is 0 Å². The summed E-state index contributed by atoms with van der Waals surface area (Å²) in [6.07, 6.45) is 0. The van der Waals surface area contributed by atoms with Crippen LogP contribution < -0.4 is 5.32 Å². The van der Waals surface area contributed by atoms with E-state index in [9.17, 15) is 4.79 Å². The summed E-state index contributed by atoms with van der Waals surface area (Å²) in [5.74, 6) is 0.299. The van der Waals surface area contributed by atoms with Crippen molar-refractivity contribution in [3.05, 3.63) is 69.3 Å². The van der Waals surface area contributed by atoms with Crippen molar-refractivity contribution in [1.82, 2.24) is 5.32 Å². The van der Waals surface area contributed by atoms with E-state index in [4.69, 9.17) is 0 Å². The second-order valence-corrected chi connectivity index (χ2v) is 5.77. The van der Waals surface area contributed by atoms with Gasteiger partial charge in [-0.3, -0.25) is 4.79 Å². The minimum absolute atomic E-state index is 0.0146. The summed E-state index contributed by atoms with van der Waals surface area (Å²) in [5.41, 5.74) is 1.95. The van der Waals surface area contributed by atoms with E-state index in [0.29, 0.717) is 18.0 Å². The maximum atomic E-state index is 12.0. The lowest BCUT2D eigenvalue weighted by Crippen LogP contribution is -2.27. The molecule has 2 nitrogen and oxygen atoms in total. The minimum Gasteiger partial charge on any atom is -0.351 e. The molecule has 0 fully saturated rings. The molecule has 2 aromatic rings. The third-order valence-electron chi connectivity index (χ3n) is 3.04. The van der Waals surface area contributed by atoms with Crippen molar-refractivity contribution >= 4 is 28.5 Å². The number of carbonyl (C=O) groups is 1. The average molecular weight is 365 g/mol. The Morgan fingerprint density at radius 1 is 1.11 bits per heavy atom. The van der Waals surface area contributed by atoms with Gasteiger partial charge in [-0.1, -0.05) is 37.3 Å². The Hall–Kier alpha value is -1.36. The van der Waals surface area contributed by atoms with Gasteiger partial charge in [0.2, 0.25) is 0 Å². The molecule has 2 aromatic carbocycles. The fourth-order valence-electron chi connectivity index (χ4n) is 1.85. The van der Waals surface area contributed by atoms with Crippen molar-refractivity contribution < 1.29 is 4.79 Å². The standard InChI is InChI=1S/C16H16INO/c1-12(13-5-3-2-4-6-13)11-18-16(19)14-7-9-15(17)10-8-14/h2-10,12H,11H2,1H3,(H,18,19)/t12-/m1/s1. The van der Waals surface area contributed by atoms with Gasteiger partial charge in [-0.25, -0.2) is 0 Å². The predicted octanol–water partition coefficient (Wildman–Crippen LogP) is 3.82. The molecule has 0 saturated carbocycles. The molecule has 3 heteroatoms. The van der Waals surface area contributed by atoms with Crippen LogP contribution in [0, 0.1) is 3.57 Å². The Balaban J connectivity index is 1.92. The first-order valence-electron chi connectivity index (χ1n) is 6.25. The number of halogens is 1. The van der Waals surface area contributed by atoms with Crippen LogP contribution in [-0.2, 0) is 0 Å². The van der Waals surface area contributed by atoms with Crippen LogP contribution in [0.5, 0.6) is 0 Å². The first kappa shape index (κ1) is 14.1. The predicted molar refractivity (Wildman–Crippen MR) is 86.3 cm³/mol. The fourth-order valence-corrected chi connectivity index (χ4v) is 2.21. The first-order chi connectivity index (χ1) is 9.16. The van der Waals surface area contributed by atoms with Gasteiger partial charge in [-0.2, -0.15) is 0 Å². The lowest BCUT2D eigenvalue weighted by molar-refractivity contribution is 0.0951. The summed E-state index contributed by atoms with van der Waals surface area (Å²) in [4.78, 5) is 12.0. The molecule has 19 heavy (non-hydrogen) atoms. The van der Waals surface area contributed by atoms with Crippen molar-refractivity contribution in [3.8, 4) is 0 Å². The minimum atomic E-state index is -0.0146. The maximum absolute atomic E-state index is 12.0. The molecule has 0 aromatic heterocycles. The van der Waals surface area contributed by atoms with E-state index in [2.05, 4.69) is 47.0 Å². The van der Waals surface area contributed by atoms with Gasteiger partial charge in [-0.15, -0.1) is 0 Å². The molecule has 0 heterocycles. The Morgan fingerprint density at radius 2 is 1.74 bits per heavy atom. The second-order valence-electron chi connectivity index (χ2n) is 4.53. The molecule has 2 rings (SSSR count). The van der Waals surface area contributed by atoms with E-state index in [1.807, 2.05) is 42.5 Å². The molecule has 0 spiro atoms. The lowest BCUT2D eigenvalue weighted by atomic mass is 10.0. The molecule has 0 unspecified atom stereocenters. The van der Waals surface area contributed by atoms with Crippen molar-refractivity contribution in [2.24, 2.45) is 0 Å². The molecule has 0 aliphatic heterocycles. The number of nitrogens with one attached hydrogen (secondary N) is 1. The summed E-state index contributed by atoms with van der Waals surface area (Å²) < 4.78 is 1.13.